The number of fused-ring (bicyclic) bond motifs is 1. The van der Waals surface area contributed by atoms with Crippen molar-refractivity contribution in [1.29, 1.82) is 0 Å². The molecule has 3 rings (SSSR count). The minimum atomic E-state index is -0.462. The zero-order valence-electron chi connectivity index (χ0n) is 18.1. The number of ether oxygens (including phenoxy) is 5. The summed E-state index contributed by atoms with van der Waals surface area (Å²) in [5.41, 5.74) is 3.36. The second kappa shape index (κ2) is 8.95. The molecule has 0 N–H and O–H groups in total. The highest BCUT2D eigenvalue weighted by Crippen LogP contribution is 2.52. The SMILES string of the molecule is COc1ccc2c(OC(C)=O)c(OC)c(OC)c(OCc3cc(C)cc(C)c3)c2c1. The van der Waals surface area contributed by atoms with Crippen molar-refractivity contribution in [3.8, 4) is 28.7 Å². The summed E-state index contributed by atoms with van der Waals surface area (Å²) in [6.45, 7) is 5.77. The van der Waals surface area contributed by atoms with Crippen molar-refractivity contribution in [1.82, 2.24) is 0 Å². The van der Waals surface area contributed by atoms with Crippen LogP contribution < -0.4 is 23.7 Å². The number of hydrogen-bond donors (Lipinski definition) is 0. The minimum absolute atomic E-state index is 0.276. The van der Waals surface area contributed by atoms with E-state index in [1.807, 2.05) is 19.9 Å². The summed E-state index contributed by atoms with van der Waals surface area (Å²) < 4.78 is 28.3. The fraction of sp³-hybridized carbons (Fsp3) is 0.292. The molecule has 0 unspecified atom stereocenters. The lowest BCUT2D eigenvalue weighted by molar-refractivity contribution is -0.131. The summed E-state index contributed by atoms with van der Waals surface area (Å²) in [5, 5.41) is 1.34. The van der Waals surface area contributed by atoms with Gasteiger partial charge in [-0.25, -0.2) is 0 Å². The van der Waals surface area contributed by atoms with E-state index in [1.165, 1.54) is 21.1 Å². The number of rotatable bonds is 7. The van der Waals surface area contributed by atoms with Gasteiger partial charge in [0, 0.05) is 17.7 Å². The lowest BCUT2D eigenvalue weighted by Gasteiger charge is -2.20. The van der Waals surface area contributed by atoms with Crippen LogP contribution in [0.3, 0.4) is 0 Å². The first kappa shape index (κ1) is 21.3. The van der Waals surface area contributed by atoms with Crippen LogP contribution in [-0.4, -0.2) is 27.3 Å². The maximum absolute atomic E-state index is 11.7. The average Bonchev–Trinajstić information content (AvgIpc) is 2.70. The van der Waals surface area contributed by atoms with Crippen LogP contribution in [0.5, 0.6) is 28.7 Å². The lowest BCUT2D eigenvalue weighted by Crippen LogP contribution is -2.07. The van der Waals surface area contributed by atoms with Gasteiger partial charge in [0.2, 0.25) is 11.5 Å². The molecule has 0 atom stereocenters. The molecular weight excluding hydrogens is 384 g/mol. The maximum atomic E-state index is 11.7. The van der Waals surface area contributed by atoms with Crippen molar-refractivity contribution in [2.75, 3.05) is 21.3 Å². The van der Waals surface area contributed by atoms with E-state index >= 15 is 0 Å². The van der Waals surface area contributed by atoms with Crippen LogP contribution in [0.15, 0.2) is 36.4 Å². The number of carbonyl (C=O) groups is 1. The van der Waals surface area contributed by atoms with Gasteiger partial charge < -0.3 is 23.7 Å². The minimum Gasteiger partial charge on any atom is -0.497 e. The molecule has 0 aliphatic rings. The molecule has 6 nitrogen and oxygen atoms in total. The average molecular weight is 410 g/mol. The van der Waals surface area contributed by atoms with Crippen molar-refractivity contribution in [3.05, 3.63) is 53.1 Å². The zero-order chi connectivity index (χ0) is 21.8. The van der Waals surface area contributed by atoms with Crippen LogP contribution >= 0.6 is 0 Å². The van der Waals surface area contributed by atoms with Gasteiger partial charge in [-0.2, -0.15) is 0 Å². The molecule has 0 radical (unpaired) electrons. The monoisotopic (exact) mass is 410 g/mol. The molecule has 0 aliphatic carbocycles. The molecule has 0 aliphatic heterocycles. The summed E-state index contributed by atoms with van der Waals surface area (Å²) in [5.74, 6) is 1.58. The van der Waals surface area contributed by atoms with Crippen LogP contribution in [0.2, 0.25) is 0 Å². The summed E-state index contributed by atoms with van der Waals surface area (Å²) in [7, 11) is 4.60. The molecule has 0 saturated carbocycles. The van der Waals surface area contributed by atoms with E-state index < -0.39 is 5.97 Å². The van der Waals surface area contributed by atoms with Crippen LogP contribution in [0.1, 0.15) is 23.6 Å². The van der Waals surface area contributed by atoms with Gasteiger partial charge in [0.05, 0.1) is 21.3 Å². The normalized spacial score (nSPS) is 10.6. The van der Waals surface area contributed by atoms with Crippen LogP contribution in [0, 0.1) is 13.8 Å². The molecule has 0 heterocycles. The molecular formula is C24H26O6. The smallest absolute Gasteiger partial charge is 0.308 e. The Bertz CT molecular complexity index is 1070. The Morgan fingerprint density at radius 2 is 1.40 bits per heavy atom. The zero-order valence-corrected chi connectivity index (χ0v) is 18.1. The molecule has 0 saturated heterocycles. The summed E-state index contributed by atoms with van der Waals surface area (Å²) in [4.78, 5) is 11.7. The number of hydrogen-bond acceptors (Lipinski definition) is 6. The Hall–Kier alpha value is -3.41. The number of esters is 1. The summed E-state index contributed by atoms with van der Waals surface area (Å²) in [6.07, 6.45) is 0. The van der Waals surface area contributed by atoms with Gasteiger partial charge >= 0.3 is 5.97 Å². The largest absolute Gasteiger partial charge is 0.497 e. The van der Waals surface area contributed by atoms with E-state index in [-0.39, 0.29) is 5.75 Å². The number of aryl methyl sites for hydroxylation is 2. The Morgan fingerprint density at radius 1 is 0.767 bits per heavy atom. The predicted octanol–water partition coefficient (Wildman–Crippen LogP) is 4.99. The van der Waals surface area contributed by atoms with E-state index in [4.69, 9.17) is 23.7 Å². The third-order valence-electron chi connectivity index (χ3n) is 4.65. The van der Waals surface area contributed by atoms with E-state index in [1.54, 1.807) is 19.2 Å². The Balaban J connectivity index is 2.20. The molecule has 0 amide bonds. The predicted molar refractivity (Wildman–Crippen MR) is 115 cm³/mol. The first-order chi connectivity index (χ1) is 14.4. The summed E-state index contributed by atoms with van der Waals surface area (Å²) >= 11 is 0. The molecule has 6 heteroatoms. The molecule has 0 bridgehead atoms. The molecule has 0 fully saturated rings. The van der Waals surface area contributed by atoms with Crippen LogP contribution in [0.25, 0.3) is 10.8 Å². The highest BCUT2D eigenvalue weighted by Gasteiger charge is 2.25. The van der Waals surface area contributed by atoms with E-state index in [9.17, 15) is 4.79 Å². The fourth-order valence-electron chi connectivity index (χ4n) is 3.55. The van der Waals surface area contributed by atoms with Crippen LogP contribution in [-0.2, 0) is 11.4 Å². The maximum Gasteiger partial charge on any atom is 0.308 e. The summed E-state index contributed by atoms with van der Waals surface area (Å²) in [6, 6.07) is 11.7. The molecule has 3 aromatic carbocycles. The molecule has 0 spiro atoms. The van der Waals surface area contributed by atoms with E-state index in [0.29, 0.717) is 40.4 Å². The quantitative estimate of drug-likeness (QED) is 0.404. The topological polar surface area (TPSA) is 63.2 Å². The van der Waals surface area contributed by atoms with Gasteiger partial charge in [0.15, 0.2) is 11.5 Å². The van der Waals surface area contributed by atoms with Gasteiger partial charge in [-0.05, 0) is 37.6 Å². The highest BCUT2D eigenvalue weighted by molar-refractivity contribution is 6.00. The third-order valence-corrected chi connectivity index (χ3v) is 4.65. The second-order valence-electron chi connectivity index (χ2n) is 7.01. The third kappa shape index (κ3) is 4.27. The molecule has 158 valence electrons. The van der Waals surface area contributed by atoms with Gasteiger partial charge in [0.1, 0.15) is 12.4 Å². The van der Waals surface area contributed by atoms with Gasteiger partial charge in [-0.1, -0.05) is 29.3 Å². The number of methoxy groups -OCH3 is 3. The van der Waals surface area contributed by atoms with Crippen molar-refractivity contribution in [2.45, 2.75) is 27.4 Å². The molecule has 3 aromatic rings. The number of benzene rings is 3. The van der Waals surface area contributed by atoms with Crippen LogP contribution in [0.4, 0.5) is 0 Å². The van der Waals surface area contributed by atoms with Crippen molar-refractivity contribution in [2.24, 2.45) is 0 Å². The highest BCUT2D eigenvalue weighted by atomic mass is 16.6. The second-order valence-corrected chi connectivity index (χ2v) is 7.01. The van der Waals surface area contributed by atoms with Gasteiger partial charge in [-0.15, -0.1) is 0 Å². The lowest BCUT2D eigenvalue weighted by atomic mass is 10.1. The Labute approximate surface area is 176 Å². The van der Waals surface area contributed by atoms with Crippen molar-refractivity contribution < 1.29 is 28.5 Å². The Kier molecular flexibility index (Phi) is 6.35. The number of carbonyl (C=O) groups excluding carboxylic acids is 1. The Morgan fingerprint density at radius 3 is 1.97 bits per heavy atom. The van der Waals surface area contributed by atoms with E-state index in [0.717, 1.165) is 16.7 Å². The van der Waals surface area contributed by atoms with Gasteiger partial charge in [0.25, 0.3) is 0 Å². The molecule has 30 heavy (non-hydrogen) atoms. The van der Waals surface area contributed by atoms with Gasteiger partial charge in [-0.3, -0.25) is 4.79 Å². The standard InChI is InChI=1S/C24H26O6/c1-14-9-15(2)11-17(10-14)13-29-21-20-12-18(26-4)7-8-19(20)22(30-16(3)25)24(28-6)23(21)27-5/h7-12H,13H2,1-6H3. The molecule has 0 aromatic heterocycles. The first-order valence-electron chi connectivity index (χ1n) is 9.52. The first-order valence-corrected chi connectivity index (χ1v) is 9.52. The van der Waals surface area contributed by atoms with Crippen molar-refractivity contribution in [3.63, 3.8) is 0 Å². The fourth-order valence-corrected chi connectivity index (χ4v) is 3.55. The van der Waals surface area contributed by atoms with E-state index in [2.05, 4.69) is 18.2 Å². The van der Waals surface area contributed by atoms with Crippen molar-refractivity contribution >= 4 is 16.7 Å².